The first-order valence-electron chi connectivity index (χ1n) is 10.0. The highest BCUT2D eigenvalue weighted by Gasteiger charge is 2.38. The van der Waals surface area contributed by atoms with Crippen LogP contribution in [-0.2, 0) is 8.85 Å². The zero-order chi connectivity index (χ0) is 22.6. The number of halogens is 2. The molecule has 0 aromatic heterocycles. The molecule has 0 rings (SSSR count). The third-order valence-corrected chi connectivity index (χ3v) is 17.7. The van der Waals surface area contributed by atoms with Crippen molar-refractivity contribution in [2.45, 2.75) is 103 Å². The van der Waals surface area contributed by atoms with Gasteiger partial charge in [-0.2, -0.15) is 0 Å². The molecule has 4 nitrogen and oxygen atoms in total. The van der Waals surface area contributed by atoms with Crippen LogP contribution in [0.5, 0.6) is 0 Å². The van der Waals surface area contributed by atoms with E-state index in [2.05, 4.69) is 99.6 Å². The molecule has 28 heavy (non-hydrogen) atoms. The van der Waals surface area contributed by atoms with E-state index < -0.39 is 28.8 Å². The van der Waals surface area contributed by atoms with Crippen molar-refractivity contribution in [3.8, 4) is 0 Å². The van der Waals surface area contributed by atoms with Gasteiger partial charge in [-0.15, -0.1) is 0 Å². The first kappa shape index (κ1) is 29.0. The molecular weight excluding hydrogens is 520 g/mol. The van der Waals surface area contributed by atoms with Crippen LogP contribution in [0.3, 0.4) is 0 Å². The minimum atomic E-state index is -1.82. The molecule has 0 radical (unpaired) electrons. The molecule has 0 saturated heterocycles. The SMILES string of the molecule is CC(C)(C)[Si](C)(C)OCC[C@@H](O)/C(Br)=C(\Br)[C@@H](O)CCO[Si](C)(C)C(C)(C)C. The summed E-state index contributed by atoms with van der Waals surface area (Å²) < 4.78 is 13.4. The Morgan fingerprint density at radius 2 is 0.964 bits per heavy atom. The summed E-state index contributed by atoms with van der Waals surface area (Å²) in [4.78, 5) is 0. The highest BCUT2D eigenvalue weighted by molar-refractivity contribution is 9.14. The summed E-state index contributed by atoms with van der Waals surface area (Å²) in [6.45, 7) is 23.0. The summed E-state index contributed by atoms with van der Waals surface area (Å²) in [5.74, 6) is 0. The number of aliphatic hydroxyl groups is 2. The smallest absolute Gasteiger partial charge is 0.191 e. The number of rotatable bonds is 10. The van der Waals surface area contributed by atoms with Gasteiger partial charge in [0.1, 0.15) is 0 Å². The predicted molar refractivity (Wildman–Crippen MR) is 132 cm³/mol. The second-order valence-electron chi connectivity index (χ2n) is 10.5. The van der Waals surface area contributed by atoms with Crippen LogP contribution in [0.4, 0.5) is 0 Å². The van der Waals surface area contributed by atoms with E-state index in [0.29, 0.717) is 35.0 Å². The molecule has 0 aliphatic carbocycles. The van der Waals surface area contributed by atoms with Crippen molar-refractivity contribution >= 4 is 48.5 Å². The Kier molecular flexibility index (Phi) is 11.4. The second-order valence-corrected chi connectivity index (χ2v) is 21.8. The molecule has 0 aliphatic rings. The van der Waals surface area contributed by atoms with E-state index >= 15 is 0 Å². The Morgan fingerprint density at radius 3 is 1.18 bits per heavy atom. The average Bonchev–Trinajstić information content (AvgIpc) is 2.50. The van der Waals surface area contributed by atoms with Crippen molar-refractivity contribution in [3.05, 3.63) is 8.96 Å². The van der Waals surface area contributed by atoms with Gasteiger partial charge in [0.25, 0.3) is 0 Å². The van der Waals surface area contributed by atoms with Crippen LogP contribution in [0.25, 0.3) is 0 Å². The summed E-state index contributed by atoms with van der Waals surface area (Å²) in [5, 5.41) is 21.2. The van der Waals surface area contributed by atoms with Crippen molar-refractivity contribution in [1.29, 1.82) is 0 Å². The minimum absolute atomic E-state index is 0.145. The predicted octanol–water partition coefficient (Wildman–Crippen LogP) is 6.53. The fourth-order valence-corrected chi connectivity index (χ4v) is 4.96. The second kappa shape index (κ2) is 11.0. The molecule has 0 heterocycles. The van der Waals surface area contributed by atoms with Crippen molar-refractivity contribution in [1.82, 2.24) is 0 Å². The van der Waals surface area contributed by atoms with Gasteiger partial charge in [0.05, 0.1) is 12.2 Å². The Labute approximate surface area is 192 Å². The molecule has 0 amide bonds. The van der Waals surface area contributed by atoms with E-state index in [1.165, 1.54) is 0 Å². The van der Waals surface area contributed by atoms with Crippen LogP contribution in [0.15, 0.2) is 8.96 Å². The Morgan fingerprint density at radius 1 is 0.714 bits per heavy atom. The lowest BCUT2D eigenvalue weighted by Crippen LogP contribution is -2.41. The van der Waals surface area contributed by atoms with Crippen LogP contribution in [0.1, 0.15) is 54.4 Å². The quantitative estimate of drug-likeness (QED) is 0.297. The molecule has 0 aromatic carbocycles. The molecular formula is C20H42Br2O4Si2. The molecule has 2 atom stereocenters. The lowest BCUT2D eigenvalue weighted by molar-refractivity contribution is 0.156. The van der Waals surface area contributed by atoms with E-state index in [-0.39, 0.29) is 10.1 Å². The van der Waals surface area contributed by atoms with E-state index in [1.54, 1.807) is 0 Å². The van der Waals surface area contributed by atoms with E-state index in [1.807, 2.05) is 0 Å². The van der Waals surface area contributed by atoms with E-state index in [0.717, 1.165) is 0 Å². The highest BCUT2D eigenvalue weighted by atomic mass is 79.9. The van der Waals surface area contributed by atoms with Crippen LogP contribution in [0.2, 0.25) is 36.3 Å². The van der Waals surface area contributed by atoms with Crippen LogP contribution >= 0.6 is 31.9 Å². The lowest BCUT2D eigenvalue weighted by Gasteiger charge is -2.36. The number of hydrogen-bond donors (Lipinski definition) is 2. The molecule has 168 valence electrons. The fourth-order valence-electron chi connectivity index (χ4n) is 1.86. The van der Waals surface area contributed by atoms with Crippen LogP contribution < -0.4 is 0 Å². The van der Waals surface area contributed by atoms with Gasteiger partial charge >= 0.3 is 0 Å². The Bertz CT molecular complexity index is 477. The summed E-state index contributed by atoms with van der Waals surface area (Å²) >= 11 is 6.88. The Balaban J connectivity index is 4.67. The van der Waals surface area contributed by atoms with E-state index in [4.69, 9.17) is 8.85 Å². The largest absolute Gasteiger partial charge is 0.417 e. The Hall–Kier alpha value is 0.974. The monoisotopic (exact) mass is 560 g/mol. The maximum absolute atomic E-state index is 10.5. The molecule has 0 fully saturated rings. The highest BCUT2D eigenvalue weighted by Crippen LogP contribution is 2.38. The topological polar surface area (TPSA) is 58.9 Å². The molecule has 0 unspecified atom stereocenters. The summed E-state index contributed by atoms with van der Waals surface area (Å²) in [6.07, 6.45) is -0.463. The van der Waals surface area contributed by atoms with Gasteiger partial charge in [-0.25, -0.2) is 0 Å². The van der Waals surface area contributed by atoms with Crippen LogP contribution in [0, 0.1) is 0 Å². The summed E-state index contributed by atoms with van der Waals surface area (Å²) in [7, 11) is -3.65. The van der Waals surface area contributed by atoms with Crippen LogP contribution in [-0.4, -0.2) is 52.3 Å². The van der Waals surface area contributed by atoms with E-state index in [9.17, 15) is 10.2 Å². The summed E-state index contributed by atoms with van der Waals surface area (Å²) in [6, 6.07) is 0. The maximum Gasteiger partial charge on any atom is 0.191 e. The van der Waals surface area contributed by atoms with Gasteiger partial charge in [-0.1, -0.05) is 73.4 Å². The zero-order valence-electron chi connectivity index (χ0n) is 19.4. The van der Waals surface area contributed by atoms with Gasteiger partial charge < -0.3 is 19.1 Å². The number of aliphatic hydroxyl groups excluding tert-OH is 2. The minimum Gasteiger partial charge on any atom is -0.417 e. The molecule has 0 aliphatic heterocycles. The van der Waals surface area contributed by atoms with Crippen molar-refractivity contribution in [2.75, 3.05) is 13.2 Å². The molecule has 0 aromatic rings. The van der Waals surface area contributed by atoms with Crippen molar-refractivity contribution in [2.24, 2.45) is 0 Å². The first-order chi connectivity index (χ1) is 12.3. The average molecular weight is 563 g/mol. The van der Waals surface area contributed by atoms with Crippen molar-refractivity contribution < 1.29 is 19.1 Å². The van der Waals surface area contributed by atoms with Crippen molar-refractivity contribution in [3.63, 3.8) is 0 Å². The molecule has 8 heteroatoms. The molecule has 0 bridgehead atoms. The van der Waals surface area contributed by atoms with Gasteiger partial charge in [-0.3, -0.25) is 0 Å². The van der Waals surface area contributed by atoms with Gasteiger partial charge in [0.2, 0.25) is 0 Å². The third-order valence-electron chi connectivity index (χ3n) is 6.13. The summed E-state index contributed by atoms with van der Waals surface area (Å²) in [5.41, 5.74) is 0. The normalized spacial score (nSPS) is 17.4. The lowest BCUT2D eigenvalue weighted by atomic mass is 10.2. The molecule has 2 N–H and O–H groups in total. The molecule has 0 saturated carbocycles. The van der Waals surface area contributed by atoms with Gasteiger partial charge in [0.15, 0.2) is 16.6 Å². The fraction of sp³-hybridized carbons (Fsp3) is 0.900. The third kappa shape index (κ3) is 9.00. The molecule has 0 spiro atoms. The van der Waals surface area contributed by atoms with Gasteiger partial charge in [-0.05, 0) is 36.3 Å². The zero-order valence-corrected chi connectivity index (χ0v) is 24.6. The first-order valence-corrected chi connectivity index (χ1v) is 17.4. The number of hydrogen-bond acceptors (Lipinski definition) is 4. The van der Waals surface area contributed by atoms with Gasteiger partial charge in [0, 0.05) is 35.0 Å². The standard InChI is InChI=1S/C20H42Br2O4Si2/c1-19(2,3)27(7,8)25-13-11-15(23)17(21)18(22)16(24)12-14-26-28(9,10)20(4,5)6/h15-16,23-24H,11-14H2,1-10H3/b18-17+/t15-,16+. The maximum atomic E-state index is 10.5.